The van der Waals surface area contributed by atoms with E-state index in [1.165, 1.54) is 4.31 Å². The number of rotatable bonds is 6. The van der Waals surface area contributed by atoms with Crippen LogP contribution < -0.4 is 0 Å². The Morgan fingerprint density at radius 2 is 1.20 bits per heavy atom. The van der Waals surface area contributed by atoms with Gasteiger partial charge in [0.2, 0.25) is 20.7 Å². The zero-order valence-electron chi connectivity index (χ0n) is 15.7. The molecule has 1 aliphatic heterocycles. The van der Waals surface area contributed by atoms with Crippen molar-refractivity contribution in [1.82, 2.24) is 4.31 Å². The highest BCUT2D eigenvalue weighted by Crippen LogP contribution is 2.33. The fourth-order valence-corrected chi connectivity index (χ4v) is 6.59. The molecule has 0 unspecified atom stereocenters. The number of benzene rings is 3. The van der Waals surface area contributed by atoms with Crippen molar-refractivity contribution in [2.75, 3.05) is 0 Å². The van der Waals surface area contributed by atoms with Gasteiger partial charge in [0.1, 0.15) is 0 Å². The minimum atomic E-state index is -3.50. The van der Waals surface area contributed by atoms with Gasteiger partial charge in [-0.3, -0.25) is 9.59 Å². The molecule has 0 atom stereocenters. The smallest absolute Gasteiger partial charge is 0.240 e. The largest absolute Gasteiger partial charge is 0.273 e. The standard InChI is InChI=1S/C22H17NO4S3/c24-21-14-15-22(25)23(21)28-18-10-6-16(7-11-18)17-8-12-20(13-9-17)30(26,27)29-19-4-2-1-3-5-19/h1-13H,14-15H2. The van der Waals surface area contributed by atoms with E-state index >= 15 is 0 Å². The zero-order chi connectivity index (χ0) is 21.1. The molecular weight excluding hydrogens is 438 g/mol. The summed E-state index contributed by atoms with van der Waals surface area (Å²) >= 11 is 1.13. The Balaban J connectivity index is 1.47. The second kappa shape index (κ2) is 8.67. The fourth-order valence-electron chi connectivity index (χ4n) is 2.94. The van der Waals surface area contributed by atoms with E-state index in [1.807, 2.05) is 30.3 Å². The van der Waals surface area contributed by atoms with E-state index in [1.54, 1.807) is 48.5 Å². The van der Waals surface area contributed by atoms with E-state index < -0.39 is 8.87 Å². The number of hydrogen-bond acceptors (Lipinski definition) is 6. The summed E-state index contributed by atoms with van der Waals surface area (Å²) in [6.45, 7) is 0. The van der Waals surface area contributed by atoms with Crippen molar-refractivity contribution in [1.29, 1.82) is 0 Å². The second-order valence-corrected chi connectivity index (χ2v) is 11.4. The monoisotopic (exact) mass is 455 g/mol. The van der Waals surface area contributed by atoms with Gasteiger partial charge in [-0.15, -0.1) is 0 Å². The Morgan fingerprint density at radius 3 is 1.77 bits per heavy atom. The molecule has 1 heterocycles. The first-order valence-electron chi connectivity index (χ1n) is 9.16. The fraction of sp³-hybridized carbons (Fsp3) is 0.0909. The molecule has 0 saturated carbocycles. The van der Waals surface area contributed by atoms with Gasteiger partial charge in [0.25, 0.3) is 0 Å². The van der Waals surface area contributed by atoms with Gasteiger partial charge in [0.05, 0.1) is 4.90 Å². The van der Waals surface area contributed by atoms with Gasteiger partial charge in [0.15, 0.2) is 0 Å². The summed E-state index contributed by atoms with van der Waals surface area (Å²) in [7, 11) is -2.67. The Hall–Kier alpha value is -2.55. The van der Waals surface area contributed by atoms with Crippen LogP contribution in [0.4, 0.5) is 0 Å². The molecule has 8 heteroatoms. The van der Waals surface area contributed by atoms with Crippen LogP contribution in [0.3, 0.4) is 0 Å². The highest BCUT2D eigenvalue weighted by atomic mass is 33.1. The number of hydrogen-bond donors (Lipinski definition) is 0. The molecule has 1 fully saturated rings. The van der Waals surface area contributed by atoms with E-state index in [4.69, 9.17) is 0 Å². The SMILES string of the molecule is O=C1CCC(=O)N1Sc1ccc(-c2ccc(S(=O)(=O)Sc3ccccc3)cc2)cc1. The van der Waals surface area contributed by atoms with Crippen molar-refractivity contribution in [2.24, 2.45) is 0 Å². The van der Waals surface area contributed by atoms with Gasteiger partial charge in [-0.05, 0) is 59.5 Å². The quantitative estimate of drug-likeness (QED) is 0.296. The molecule has 30 heavy (non-hydrogen) atoms. The predicted octanol–water partition coefficient (Wildman–Crippen LogP) is 4.99. The Labute approximate surface area is 182 Å². The molecule has 0 aliphatic carbocycles. The molecule has 3 aromatic carbocycles. The van der Waals surface area contributed by atoms with Crippen LogP contribution in [0.15, 0.2) is 93.5 Å². The van der Waals surface area contributed by atoms with E-state index in [-0.39, 0.29) is 29.6 Å². The zero-order valence-corrected chi connectivity index (χ0v) is 18.2. The summed E-state index contributed by atoms with van der Waals surface area (Å²) in [5, 5.41) is 0. The third-order valence-corrected chi connectivity index (χ3v) is 8.90. The minimum absolute atomic E-state index is 0.167. The van der Waals surface area contributed by atoms with Crippen LogP contribution in [-0.2, 0) is 18.5 Å². The van der Waals surface area contributed by atoms with Crippen molar-refractivity contribution in [3.05, 3.63) is 78.9 Å². The predicted molar refractivity (Wildman–Crippen MR) is 118 cm³/mol. The van der Waals surface area contributed by atoms with Crippen LogP contribution in [0, 0.1) is 0 Å². The molecule has 0 bridgehead atoms. The lowest BCUT2D eigenvalue weighted by atomic mass is 10.1. The molecule has 1 saturated heterocycles. The molecule has 152 valence electrons. The summed E-state index contributed by atoms with van der Waals surface area (Å²) in [6, 6.07) is 23.2. The van der Waals surface area contributed by atoms with E-state index in [2.05, 4.69) is 0 Å². The number of carbonyl (C=O) groups is 2. The summed E-state index contributed by atoms with van der Waals surface area (Å²) in [6.07, 6.45) is 0.531. The van der Waals surface area contributed by atoms with Gasteiger partial charge < -0.3 is 0 Å². The van der Waals surface area contributed by atoms with Crippen LogP contribution in [0.25, 0.3) is 11.1 Å². The van der Waals surface area contributed by atoms with Gasteiger partial charge in [-0.25, -0.2) is 12.7 Å². The van der Waals surface area contributed by atoms with Gasteiger partial charge >= 0.3 is 0 Å². The van der Waals surface area contributed by atoms with Crippen molar-refractivity contribution in [2.45, 2.75) is 27.5 Å². The highest BCUT2D eigenvalue weighted by molar-refractivity contribution is 8.72. The molecule has 0 N–H and O–H groups in total. The summed E-state index contributed by atoms with van der Waals surface area (Å²) < 4.78 is 26.4. The van der Waals surface area contributed by atoms with Crippen molar-refractivity contribution in [3.63, 3.8) is 0 Å². The molecule has 2 amide bonds. The Bertz CT molecular complexity index is 1160. The lowest BCUT2D eigenvalue weighted by Gasteiger charge is -2.12. The normalized spacial score (nSPS) is 14.3. The molecule has 3 aromatic rings. The summed E-state index contributed by atoms with van der Waals surface area (Å²) in [4.78, 5) is 25.2. The summed E-state index contributed by atoms with van der Waals surface area (Å²) in [5.41, 5.74) is 1.79. The van der Waals surface area contributed by atoms with Crippen LogP contribution in [-0.4, -0.2) is 24.5 Å². The van der Waals surface area contributed by atoms with Crippen LogP contribution in [0.2, 0.25) is 0 Å². The van der Waals surface area contributed by atoms with Gasteiger partial charge in [-0.1, -0.05) is 42.5 Å². The molecule has 4 rings (SSSR count). The molecule has 1 aliphatic rings. The topological polar surface area (TPSA) is 71.5 Å². The first kappa shape index (κ1) is 20.7. The maximum atomic E-state index is 12.6. The Morgan fingerprint density at radius 1 is 0.667 bits per heavy atom. The molecule has 0 radical (unpaired) electrons. The number of amides is 2. The Kier molecular flexibility index (Phi) is 5.99. The average molecular weight is 456 g/mol. The van der Waals surface area contributed by atoms with Crippen LogP contribution in [0.1, 0.15) is 12.8 Å². The lowest BCUT2D eigenvalue weighted by Crippen LogP contribution is -2.20. The summed E-state index contributed by atoms with van der Waals surface area (Å²) in [5.74, 6) is -0.335. The van der Waals surface area contributed by atoms with Crippen molar-refractivity contribution < 1.29 is 18.0 Å². The number of imide groups is 1. The number of carbonyl (C=O) groups excluding carboxylic acids is 2. The van der Waals surface area contributed by atoms with Crippen LogP contribution in [0.5, 0.6) is 0 Å². The highest BCUT2D eigenvalue weighted by Gasteiger charge is 2.30. The first-order valence-corrected chi connectivity index (χ1v) is 12.8. The lowest BCUT2D eigenvalue weighted by molar-refractivity contribution is -0.131. The first-order chi connectivity index (χ1) is 14.4. The van der Waals surface area contributed by atoms with Crippen molar-refractivity contribution in [3.8, 4) is 11.1 Å². The van der Waals surface area contributed by atoms with Gasteiger partial charge in [0, 0.05) is 33.4 Å². The van der Waals surface area contributed by atoms with Gasteiger partial charge in [-0.2, -0.15) is 0 Å². The maximum Gasteiger partial charge on any atom is 0.240 e. The number of nitrogens with zero attached hydrogens (tertiary/aromatic N) is 1. The molecule has 5 nitrogen and oxygen atoms in total. The minimum Gasteiger partial charge on any atom is -0.273 e. The molecule has 0 spiro atoms. The maximum absolute atomic E-state index is 12.6. The average Bonchev–Trinajstić information content (AvgIpc) is 3.07. The third kappa shape index (κ3) is 4.61. The van der Waals surface area contributed by atoms with E-state index in [9.17, 15) is 18.0 Å². The molecular formula is C22H17NO4S3. The third-order valence-electron chi connectivity index (χ3n) is 4.48. The molecule has 0 aromatic heterocycles. The van der Waals surface area contributed by atoms with E-state index in [0.717, 1.165) is 38.8 Å². The van der Waals surface area contributed by atoms with Crippen molar-refractivity contribution >= 4 is 43.4 Å². The van der Waals surface area contributed by atoms with E-state index in [0.29, 0.717) is 4.90 Å². The second-order valence-electron chi connectivity index (χ2n) is 6.57. The van der Waals surface area contributed by atoms with Crippen LogP contribution >= 0.6 is 22.7 Å².